The van der Waals surface area contributed by atoms with E-state index in [0.29, 0.717) is 19.3 Å². The maximum Gasteiger partial charge on any atom is 0.339 e. The van der Waals surface area contributed by atoms with Crippen molar-refractivity contribution in [2.75, 3.05) is 19.8 Å². The third-order valence-electron chi connectivity index (χ3n) is 3.51. The Balaban J connectivity index is 0. The predicted molar refractivity (Wildman–Crippen MR) is 103 cm³/mol. The molecule has 172 valence electrons. The van der Waals surface area contributed by atoms with E-state index < -0.39 is 42.8 Å². The lowest BCUT2D eigenvalue weighted by Crippen LogP contribution is -2.45. The summed E-state index contributed by atoms with van der Waals surface area (Å²) >= 11 is 0. The molecule has 7 nitrogen and oxygen atoms in total. The molecule has 29 heavy (non-hydrogen) atoms. The van der Waals surface area contributed by atoms with Crippen LogP contribution in [-0.2, 0) is 28.6 Å². The first-order chi connectivity index (χ1) is 13.6. The second-order valence-electron chi connectivity index (χ2n) is 6.54. The van der Waals surface area contributed by atoms with Gasteiger partial charge in [0.1, 0.15) is 0 Å². The number of unbranched alkanes of at least 4 members (excludes halogenated alkanes) is 3. The van der Waals surface area contributed by atoms with Crippen molar-refractivity contribution < 1.29 is 42.5 Å². The molecule has 0 rings (SSSR count). The van der Waals surface area contributed by atoms with E-state index in [1.54, 1.807) is 0 Å². The molecule has 0 amide bonds. The lowest BCUT2D eigenvalue weighted by atomic mass is 9.95. The largest absolute Gasteiger partial charge is 0.466 e. The maximum atomic E-state index is 12.2. The second kappa shape index (κ2) is 18.3. The van der Waals surface area contributed by atoms with E-state index in [9.17, 15) is 28.3 Å². The summed E-state index contributed by atoms with van der Waals surface area (Å²) in [6.07, 6.45) is 1.07. The molecule has 0 aromatic heterocycles. The van der Waals surface area contributed by atoms with Crippen LogP contribution in [0.2, 0.25) is 0 Å². The highest BCUT2D eigenvalue weighted by atomic mass is 19.3. The zero-order valence-electron chi connectivity index (χ0n) is 18.0. The molecule has 0 aromatic carbocycles. The van der Waals surface area contributed by atoms with E-state index in [1.165, 1.54) is 0 Å². The number of carbonyl (C=O) groups excluding carboxylic acids is 3. The van der Waals surface area contributed by atoms with E-state index in [1.807, 2.05) is 20.8 Å². The van der Waals surface area contributed by atoms with Crippen LogP contribution in [0.4, 0.5) is 8.78 Å². The molecule has 0 aliphatic rings. The van der Waals surface area contributed by atoms with Crippen LogP contribution in [0.1, 0.15) is 79.1 Å². The molecule has 0 aliphatic heterocycles. The van der Waals surface area contributed by atoms with Crippen LogP contribution in [0.25, 0.3) is 0 Å². The Morgan fingerprint density at radius 1 is 0.793 bits per heavy atom. The van der Waals surface area contributed by atoms with Gasteiger partial charge in [-0.2, -0.15) is 0 Å². The first-order valence-electron chi connectivity index (χ1n) is 10.1. The van der Waals surface area contributed by atoms with Gasteiger partial charge in [-0.25, -0.2) is 13.6 Å². The molecule has 0 saturated heterocycles. The summed E-state index contributed by atoms with van der Waals surface area (Å²) < 4.78 is 35.6. The first kappa shape index (κ1) is 29.4. The third-order valence-corrected chi connectivity index (χ3v) is 3.51. The number of hydrogen-bond donors (Lipinski definition) is 1. The maximum absolute atomic E-state index is 12.2. The normalized spacial score (nSPS) is 10.8. The van der Waals surface area contributed by atoms with Gasteiger partial charge in [0, 0.05) is 0 Å². The van der Waals surface area contributed by atoms with Crippen LogP contribution in [-0.4, -0.2) is 54.9 Å². The fourth-order valence-electron chi connectivity index (χ4n) is 1.89. The Bertz CT molecular complexity index is 429. The lowest BCUT2D eigenvalue weighted by Gasteiger charge is -2.24. The molecule has 0 heterocycles. The summed E-state index contributed by atoms with van der Waals surface area (Å²) in [5.41, 5.74) is -2.26. The molecule has 0 unspecified atom stereocenters. The van der Waals surface area contributed by atoms with Crippen molar-refractivity contribution in [3.63, 3.8) is 0 Å². The topological polar surface area (TPSA) is 99.1 Å². The number of aliphatic hydroxyl groups is 1. The Hall–Kier alpha value is -1.77. The van der Waals surface area contributed by atoms with Crippen LogP contribution in [0.15, 0.2) is 0 Å². The summed E-state index contributed by atoms with van der Waals surface area (Å²) in [5.74, 6) is -2.49. The van der Waals surface area contributed by atoms with E-state index in [-0.39, 0.29) is 19.8 Å². The highest BCUT2D eigenvalue weighted by Gasteiger charge is 2.43. The van der Waals surface area contributed by atoms with Crippen LogP contribution < -0.4 is 0 Å². The molecule has 0 aliphatic carbocycles. The number of ether oxygens (including phenoxy) is 3. The van der Waals surface area contributed by atoms with Gasteiger partial charge < -0.3 is 19.3 Å². The molecule has 9 heteroatoms. The Morgan fingerprint density at radius 3 is 1.41 bits per heavy atom. The van der Waals surface area contributed by atoms with Gasteiger partial charge in [0.2, 0.25) is 6.43 Å². The van der Waals surface area contributed by atoms with Gasteiger partial charge >= 0.3 is 17.9 Å². The number of carbonyl (C=O) groups is 3. The monoisotopic (exact) mass is 426 g/mol. The van der Waals surface area contributed by atoms with Gasteiger partial charge in [-0.05, 0) is 26.2 Å². The molecule has 1 N–H and O–H groups in total. The van der Waals surface area contributed by atoms with Crippen molar-refractivity contribution in [3.8, 4) is 0 Å². The highest BCUT2D eigenvalue weighted by molar-refractivity contribution is 5.90. The van der Waals surface area contributed by atoms with Gasteiger partial charge in [-0.1, -0.05) is 40.0 Å². The highest BCUT2D eigenvalue weighted by Crippen LogP contribution is 2.20. The van der Waals surface area contributed by atoms with Gasteiger partial charge in [-0.3, -0.25) is 9.59 Å². The minimum atomic E-state index is -2.26. The molecular formula is C20H36F2O7. The number of alkyl halides is 2. The Labute approximate surface area is 172 Å². The lowest BCUT2D eigenvalue weighted by molar-refractivity contribution is -0.178. The summed E-state index contributed by atoms with van der Waals surface area (Å²) in [5, 5.41) is 10.6. The molecule has 0 spiro atoms. The standard InChI is InChI=1S/C18H32O7.C2H4F2/c1-4-7-10-23-15(19)13-18(22,17(21)25-12-9-6-3)14-16(20)24-11-8-5-2;1-2(3)4/h22H,4-14H2,1-3H3;2H,1H3. The summed E-state index contributed by atoms with van der Waals surface area (Å²) in [6.45, 7) is 7.18. The average molecular weight is 426 g/mol. The van der Waals surface area contributed by atoms with Gasteiger partial charge in [-0.15, -0.1) is 0 Å². The van der Waals surface area contributed by atoms with Gasteiger partial charge in [0.05, 0.1) is 32.7 Å². The minimum Gasteiger partial charge on any atom is -0.466 e. The smallest absolute Gasteiger partial charge is 0.339 e. The number of hydrogen-bond acceptors (Lipinski definition) is 7. The van der Waals surface area contributed by atoms with Crippen LogP contribution in [0.5, 0.6) is 0 Å². The Morgan fingerprint density at radius 2 is 1.10 bits per heavy atom. The molecule has 0 atom stereocenters. The number of halogens is 2. The minimum absolute atomic E-state index is 0.118. The fraction of sp³-hybridized carbons (Fsp3) is 0.850. The van der Waals surface area contributed by atoms with Crippen molar-refractivity contribution in [3.05, 3.63) is 0 Å². The van der Waals surface area contributed by atoms with E-state index in [0.717, 1.165) is 26.2 Å². The second-order valence-corrected chi connectivity index (χ2v) is 6.54. The van der Waals surface area contributed by atoms with Crippen molar-refractivity contribution in [1.82, 2.24) is 0 Å². The zero-order valence-corrected chi connectivity index (χ0v) is 18.0. The van der Waals surface area contributed by atoms with E-state index in [4.69, 9.17) is 14.2 Å². The van der Waals surface area contributed by atoms with Crippen LogP contribution in [0, 0.1) is 0 Å². The van der Waals surface area contributed by atoms with E-state index >= 15 is 0 Å². The van der Waals surface area contributed by atoms with Gasteiger partial charge in [0.25, 0.3) is 0 Å². The fourth-order valence-corrected chi connectivity index (χ4v) is 1.89. The SMILES string of the molecule is CC(F)F.CCCCOC(=O)CC(O)(CC(=O)OCCCC)C(=O)OCCCC. The average Bonchev–Trinajstić information content (AvgIpc) is 2.61. The third kappa shape index (κ3) is 18.0. The summed E-state index contributed by atoms with van der Waals surface area (Å²) in [4.78, 5) is 35.9. The molecule has 0 saturated carbocycles. The molecule has 0 aromatic rings. The predicted octanol–water partition coefficient (Wildman–Crippen LogP) is 3.80. The quantitative estimate of drug-likeness (QED) is 0.256. The van der Waals surface area contributed by atoms with Crippen molar-refractivity contribution in [2.45, 2.75) is 91.1 Å². The van der Waals surface area contributed by atoms with E-state index in [2.05, 4.69) is 0 Å². The molecule has 0 radical (unpaired) electrons. The summed E-state index contributed by atoms with van der Waals surface area (Å²) in [6, 6.07) is 0. The van der Waals surface area contributed by atoms with Gasteiger partial charge in [0.15, 0.2) is 5.60 Å². The van der Waals surface area contributed by atoms with Crippen molar-refractivity contribution >= 4 is 17.9 Å². The number of rotatable bonds is 14. The zero-order chi connectivity index (χ0) is 22.7. The van der Waals surface area contributed by atoms with Crippen LogP contribution in [0.3, 0.4) is 0 Å². The molecular weight excluding hydrogens is 390 g/mol. The molecule has 0 bridgehead atoms. The first-order valence-corrected chi connectivity index (χ1v) is 10.1. The summed E-state index contributed by atoms with van der Waals surface area (Å²) in [7, 11) is 0. The van der Waals surface area contributed by atoms with Crippen molar-refractivity contribution in [2.24, 2.45) is 0 Å². The number of esters is 3. The van der Waals surface area contributed by atoms with Crippen molar-refractivity contribution in [1.29, 1.82) is 0 Å². The molecule has 0 fully saturated rings. The van der Waals surface area contributed by atoms with Crippen LogP contribution >= 0.6 is 0 Å². The Kier molecular flexibility index (Phi) is 18.5.